The van der Waals surface area contributed by atoms with Crippen LogP contribution < -0.4 is 5.32 Å². The number of rotatable bonds is 5. The normalized spacial score (nSPS) is 26.6. The molecule has 0 radical (unpaired) electrons. The number of amides is 2. The van der Waals surface area contributed by atoms with Crippen LogP contribution in [0.1, 0.15) is 52.9 Å². The number of nitrogens with one attached hydrogen (secondary N) is 1. The van der Waals surface area contributed by atoms with Crippen molar-refractivity contribution in [1.82, 2.24) is 10.2 Å². The Morgan fingerprint density at radius 3 is 2.71 bits per heavy atom. The maximum atomic E-state index is 12.4. The minimum absolute atomic E-state index is 0.0709. The van der Waals surface area contributed by atoms with Crippen LogP contribution in [0, 0.1) is 5.92 Å². The van der Waals surface area contributed by atoms with Crippen LogP contribution in [0.5, 0.6) is 0 Å². The number of piperidine rings is 1. The van der Waals surface area contributed by atoms with Crippen molar-refractivity contribution in [1.29, 1.82) is 0 Å². The Morgan fingerprint density at radius 1 is 1.38 bits per heavy atom. The van der Waals surface area contributed by atoms with Crippen LogP contribution in [0.2, 0.25) is 0 Å². The first-order valence-electron chi connectivity index (χ1n) is 8.42. The van der Waals surface area contributed by atoms with Crippen molar-refractivity contribution in [3.8, 4) is 0 Å². The second kappa shape index (κ2) is 7.45. The van der Waals surface area contributed by atoms with Gasteiger partial charge in [0, 0.05) is 25.0 Å². The number of hydrogen-bond donors (Lipinski definition) is 1. The van der Waals surface area contributed by atoms with Gasteiger partial charge >= 0.3 is 6.03 Å². The molecule has 2 rings (SSSR count). The van der Waals surface area contributed by atoms with Gasteiger partial charge in [-0.2, -0.15) is 0 Å². The fourth-order valence-electron chi connectivity index (χ4n) is 3.35. The van der Waals surface area contributed by atoms with Gasteiger partial charge in [0.15, 0.2) is 5.79 Å². The second-order valence-electron chi connectivity index (χ2n) is 6.34. The largest absolute Gasteiger partial charge is 0.347 e. The molecule has 0 unspecified atom stereocenters. The molecule has 0 aromatic heterocycles. The summed E-state index contributed by atoms with van der Waals surface area (Å²) >= 11 is 0. The highest BCUT2D eigenvalue weighted by atomic mass is 16.7. The maximum Gasteiger partial charge on any atom is 0.317 e. The Labute approximate surface area is 128 Å². The van der Waals surface area contributed by atoms with Crippen molar-refractivity contribution < 1.29 is 14.3 Å². The number of carbonyl (C=O) groups excluding carboxylic acids is 1. The number of likely N-dealkylation sites (tertiary alicyclic amines) is 1. The summed E-state index contributed by atoms with van der Waals surface area (Å²) in [5, 5.41) is 3.17. The van der Waals surface area contributed by atoms with Crippen LogP contribution in [-0.4, -0.2) is 49.1 Å². The van der Waals surface area contributed by atoms with E-state index in [1.807, 2.05) is 11.8 Å². The highest BCUT2D eigenvalue weighted by Crippen LogP contribution is 2.34. The average molecular weight is 298 g/mol. The first-order chi connectivity index (χ1) is 10.1. The van der Waals surface area contributed by atoms with Gasteiger partial charge in [-0.3, -0.25) is 0 Å². The quantitative estimate of drug-likeness (QED) is 0.849. The summed E-state index contributed by atoms with van der Waals surface area (Å²) in [6.45, 7) is 9.17. The predicted octanol–water partition coefficient (Wildman–Crippen LogP) is 2.75. The van der Waals surface area contributed by atoms with Gasteiger partial charge < -0.3 is 19.7 Å². The summed E-state index contributed by atoms with van der Waals surface area (Å²) in [4.78, 5) is 14.4. The predicted molar refractivity (Wildman–Crippen MR) is 82.1 cm³/mol. The van der Waals surface area contributed by atoms with Crippen LogP contribution in [0.3, 0.4) is 0 Å². The van der Waals surface area contributed by atoms with Gasteiger partial charge in [0.25, 0.3) is 0 Å². The van der Waals surface area contributed by atoms with Gasteiger partial charge in [-0.05, 0) is 32.6 Å². The van der Waals surface area contributed by atoms with Gasteiger partial charge in [-0.25, -0.2) is 4.79 Å². The molecule has 2 atom stereocenters. The second-order valence-corrected chi connectivity index (χ2v) is 6.34. The summed E-state index contributed by atoms with van der Waals surface area (Å²) in [6, 6.07) is 0.360. The zero-order valence-corrected chi connectivity index (χ0v) is 13.7. The maximum absolute atomic E-state index is 12.4. The highest BCUT2D eigenvalue weighted by molar-refractivity contribution is 5.74. The third-order valence-electron chi connectivity index (χ3n) is 4.77. The molecule has 122 valence electrons. The van der Waals surface area contributed by atoms with Crippen LogP contribution >= 0.6 is 0 Å². The molecule has 0 aromatic rings. The van der Waals surface area contributed by atoms with E-state index in [0.717, 1.165) is 45.2 Å². The lowest BCUT2D eigenvalue weighted by atomic mass is 9.90. The SMILES string of the molecule is CCC[C@@H](CC)NC(=O)N1CCC[C@@H](C2(C)OCCO2)C1. The van der Waals surface area contributed by atoms with Gasteiger partial charge in [-0.1, -0.05) is 20.3 Å². The van der Waals surface area contributed by atoms with Gasteiger partial charge in [-0.15, -0.1) is 0 Å². The van der Waals surface area contributed by atoms with Crippen molar-refractivity contribution in [2.75, 3.05) is 26.3 Å². The Morgan fingerprint density at radius 2 is 2.10 bits per heavy atom. The molecule has 0 aliphatic carbocycles. The van der Waals surface area contributed by atoms with E-state index in [1.54, 1.807) is 0 Å². The number of nitrogens with zero attached hydrogens (tertiary/aromatic N) is 1. The third-order valence-corrected chi connectivity index (χ3v) is 4.77. The third kappa shape index (κ3) is 4.10. The van der Waals surface area contributed by atoms with Gasteiger partial charge in [0.2, 0.25) is 0 Å². The average Bonchev–Trinajstić information content (AvgIpc) is 2.95. The summed E-state index contributed by atoms with van der Waals surface area (Å²) in [7, 11) is 0. The standard InChI is InChI=1S/C16H30N2O3/c1-4-7-14(5-2)17-15(19)18-9-6-8-13(12-18)16(3)20-10-11-21-16/h13-14H,4-12H2,1-3H3,(H,17,19)/t13-,14-/m1/s1. The number of carbonyl (C=O) groups is 1. The fraction of sp³-hybridized carbons (Fsp3) is 0.938. The number of ether oxygens (including phenoxy) is 2. The van der Waals surface area contributed by atoms with E-state index < -0.39 is 5.79 Å². The topological polar surface area (TPSA) is 50.8 Å². The molecule has 0 bridgehead atoms. The molecule has 5 heteroatoms. The molecule has 2 amide bonds. The molecule has 2 aliphatic rings. The van der Waals surface area contributed by atoms with Gasteiger partial charge in [0.1, 0.15) is 0 Å². The Kier molecular flexibility index (Phi) is 5.88. The Balaban J connectivity index is 1.89. The van der Waals surface area contributed by atoms with E-state index in [0.29, 0.717) is 13.2 Å². The van der Waals surface area contributed by atoms with Crippen molar-refractivity contribution in [3.05, 3.63) is 0 Å². The molecule has 2 saturated heterocycles. The zero-order valence-electron chi connectivity index (χ0n) is 13.7. The van der Waals surface area contributed by atoms with Crippen LogP contribution in [-0.2, 0) is 9.47 Å². The summed E-state index contributed by atoms with van der Waals surface area (Å²) in [5.41, 5.74) is 0. The van der Waals surface area contributed by atoms with Crippen LogP contribution in [0.15, 0.2) is 0 Å². The van der Waals surface area contributed by atoms with E-state index in [4.69, 9.17) is 9.47 Å². The lowest BCUT2D eigenvalue weighted by Crippen LogP contribution is -2.52. The molecule has 0 spiro atoms. The molecule has 0 saturated carbocycles. The van der Waals surface area contributed by atoms with E-state index in [1.165, 1.54) is 0 Å². The lowest BCUT2D eigenvalue weighted by molar-refractivity contribution is -0.189. The zero-order chi connectivity index (χ0) is 15.3. The van der Waals surface area contributed by atoms with E-state index in [-0.39, 0.29) is 18.0 Å². The first kappa shape index (κ1) is 16.6. The van der Waals surface area contributed by atoms with Crippen molar-refractivity contribution in [2.45, 2.75) is 64.7 Å². The summed E-state index contributed by atoms with van der Waals surface area (Å²) in [5.74, 6) is -0.238. The first-order valence-corrected chi connectivity index (χ1v) is 8.42. The Bertz CT molecular complexity index is 342. The molecule has 21 heavy (non-hydrogen) atoms. The van der Waals surface area contributed by atoms with Crippen molar-refractivity contribution in [3.63, 3.8) is 0 Å². The molecule has 0 aromatic carbocycles. The molecular weight excluding hydrogens is 268 g/mol. The smallest absolute Gasteiger partial charge is 0.317 e. The summed E-state index contributed by atoms with van der Waals surface area (Å²) in [6.07, 6.45) is 5.21. The number of urea groups is 1. The van der Waals surface area contributed by atoms with Crippen LogP contribution in [0.25, 0.3) is 0 Å². The van der Waals surface area contributed by atoms with Crippen molar-refractivity contribution >= 4 is 6.03 Å². The molecular formula is C16H30N2O3. The lowest BCUT2D eigenvalue weighted by Gasteiger charge is -2.40. The van der Waals surface area contributed by atoms with E-state index in [9.17, 15) is 4.79 Å². The van der Waals surface area contributed by atoms with E-state index in [2.05, 4.69) is 19.2 Å². The minimum Gasteiger partial charge on any atom is -0.347 e. The monoisotopic (exact) mass is 298 g/mol. The number of hydrogen-bond acceptors (Lipinski definition) is 3. The molecule has 1 N–H and O–H groups in total. The molecule has 2 fully saturated rings. The molecule has 2 aliphatic heterocycles. The molecule has 5 nitrogen and oxygen atoms in total. The minimum atomic E-state index is -0.507. The fourth-order valence-corrected chi connectivity index (χ4v) is 3.35. The van der Waals surface area contributed by atoms with Gasteiger partial charge in [0.05, 0.1) is 13.2 Å². The van der Waals surface area contributed by atoms with E-state index >= 15 is 0 Å². The van der Waals surface area contributed by atoms with Crippen molar-refractivity contribution in [2.24, 2.45) is 5.92 Å². The summed E-state index contributed by atoms with van der Waals surface area (Å²) < 4.78 is 11.5. The highest BCUT2D eigenvalue weighted by Gasteiger charge is 2.42. The Hall–Kier alpha value is -0.810. The van der Waals surface area contributed by atoms with Crippen LogP contribution in [0.4, 0.5) is 4.79 Å². The molecule has 2 heterocycles.